The Morgan fingerprint density at radius 2 is 0.875 bits per heavy atom. The monoisotopic (exact) mass is 741 g/mol. The minimum atomic E-state index is -0.626. The first kappa shape index (κ1) is 36.0. The van der Waals surface area contributed by atoms with E-state index in [0.717, 1.165) is 0 Å². The lowest BCUT2D eigenvalue weighted by Crippen LogP contribution is -2.58. The maximum absolute atomic E-state index is 14.0. The van der Waals surface area contributed by atoms with Crippen molar-refractivity contribution in [3.05, 3.63) is 145 Å². The van der Waals surface area contributed by atoms with Crippen molar-refractivity contribution in [2.75, 3.05) is 0 Å². The molecule has 0 aliphatic rings. The minimum absolute atomic E-state index is 0.348. The van der Waals surface area contributed by atoms with Gasteiger partial charge in [0.1, 0.15) is 33.6 Å². The highest BCUT2D eigenvalue weighted by Crippen LogP contribution is 2.32. The van der Waals surface area contributed by atoms with Gasteiger partial charge in [0, 0.05) is 18.1 Å². The Kier molecular flexibility index (Phi) is 10.2. The fraction of sp³-hybridized carbons (Fsp3) is 0.156. The molecule has 0 radical (unpaired) electrons. The van der Waals surface area contributed by atoms with Crippen LogP contribution in [0.5, 0.6) is 23.0 Å². The normalized spacial score (nSPS) is 13.0. The van der Waals surface area contributed by atoms with Gasteiger partial charge >= 0.3 is 0 Å². The predicted octanol–water partition coefficient (Wildman–Crippen LogP) is 8.51. The molecule has 0 spiro atoms. The highest BCUT2D eigenvalue weighted by atomic mass is 16.5. The first-order valence-corrected chi connectivity index (χ1v) is 18.6. The van der Waals surface area contributed by atoms with Gasteiger partial charge in [-0.15, -0.1) is 0 Å². The van der Waals surface area contributed by atoms with Crippen molar-refractivity contribution in [2.24, 2.45) is 5.73 Å². The fourth-order valence-electron chi connectivity index (χ4n) is 6.86. The number of carbonyl (C=O) groups excluding carboxylic acids is 2. The van der Waals surface area contributed by atoms with Gasteiger partial charge < -0.3 is 25.8 Å². The Morgan fingerprint density at radius 1 is 0.500 bits per heavy atom. The molecular weight excluding hydrogens is 703 g/mol. The standard InChI is InChI=1S/C45H39N7O4/c1-3-31(49-44(53)29-19-11-21-33-40(29)51-42-35(47-33)23-13-25-37(42)55-27-15-7-5-8-16-27)39(46)32(4-2)50-45(54)30-20-12-22-34-41(30)52-43-36(48-34)24-14-26-38(43)56-28-17-9-6-10-18-28/h5-26,31-32,39H,3-4,46H2,1-2H3,(H,49,53)(H,50,54). The Bertz CT molecular complexity index is 2520. The van der Waals surface area contributed by atoms with Gasteiger partial charge in [-0.25, -0.2) is 19.9 Å². The van der Waals surface area contributed by atoms with Crippen LogP contribution in [0.25, 0.3) is 44.1 Å². The molecular formula is C45H39N7O4. The molecule has 11 nitrogen and oxygen atoms in total. The van der Waals surface area contributed by atoms with Crippen LogP contribution in [0.15, 0.2) is 133 Å². The zero-order valence-corrected chi connectivity index (χ0v) is 30.8. The number of nitrogens with two attached hydrogens (primary N) is 1. The molecule has 6 aromatic carbocycles. The van der Waals surface area contributed by atoms with Crippen LogP contribution in [0.3, 0.4) is 0 Å². The van der Waals surface area contributed by atoms with E-state index in [0.29, 0.717) is 91.1 Å². The van der Waals surface area contributed by atoms with Crippen LogP contribution in [-0.4, -0.2) is 49.9 Å². The molecule has 11 heteroatoms. The number of hydrogen-bond acceptors (Lipinski definition) is 9. The molecule has 2 amide bonds. The van der Waals surface area contributed by atoms with Crippen LogP contribution in [0.2, 0.25) is 0 Å². The molecule has 8 rings (SSSR count). The van der Waals surface area contributed by atoms with Gasteiger partial charge in [-0.1, -0.05) is 74.5 Å². The Labute approximate surface area is 322 Å². The summed E-state index contributed by atoms with van der Waals surface area (Å²) in [6.45, 7) is 3.90. The zero-order chi connectivity index (χ0) is 38.6. The smallest absolute Gasteiger partial charge is 0.253 e. The maximum Gasteiger partial charge on any atom is 0.253 e. The van der Waals surface area contributed by atoms with Crippen LogP contribution >= 0.6 is 0 Å². The largest absolute Gasteiger partial charge is 0.455 e. The van der Waals surface area contributed by atoms with E-state index in [1.165, 1.54) is 0 Å². The van der Waals surface area contributed by atoms with Crippen molar-refractivity contribution in [1.82, 2.24) is 30.6 Å². The molecule has 2 atom stereocenters. The van der Waals surface area contributed by atoms with E-state index in [2.05, 4.69) is 10.6 Å². The van der Waals surface area contributed by atoms with Gasteiger partial charge in [0.05, 0.1) is 33.2 Å². The number of amides is 2. The third-order valence-electron chi connectivity index (χ3n) is 9.79. The third kappa shape index (κ3) is 7.27. The fourth-order valence-corrected chi connectivity index (χ4v) is 6.86. The Balaban J connectivity index is 1.04. The summed E-state index contributed by atoms with van der Waals surface area (Å²) in [6, 6.07) is 39.0. The average Bonchev–Trinajstić information content (AvgIpc) is 3.23. The molecule has 8 aromatic rings. The van der Waals surface area contributed by atoms with Crippen molar-refractivity contribution in [3.63, 3.8) is 0 Å². The van der Waals surface area contributed by atoms with E-state index < -0.39 is 18.1 Å². The number of ether oxygens (including phenoxy) is 2. The van der Waals surface area contributed by atoms with Gasteiger partial charge in [-0.05, 0) is 85.6 Å². The Morgan fingerprint density at radius 3 is 1.27 bits per heavy atom. The molecule has 0 saturated heterocycles. The quantitative estimate of drug-likeness (QED) is 0.105. The van der Waals surface area contributed by atoms with Gasteiger partial charge in [0.25, 0.3) is 11.8 Å². The summed E-state index contributed by atoms with van der Waals surface area (Å²) in [5.74, 6) is 1.68. The van der Waals surface area contributed by atoms with Crippen molar-refractivity contribution >= 4 is 55.9 Å². The van der Waals surface area contributed by atoms with E-state index in [9.17, 15) is 9.59 Å². The lowest BCUT2D eigenvalue weighted by atomic mass is 9.95. The van der Waals surface area contributed by atoms with Crippen molar-refractivity contribution in [2.45, 2.75) is 44.8 Å². The highest BCUT2D eigenvalue weighted by molar-refractivity contribution is 6.07. The molecule has 4 N–H and O–H groups in total. The van der Waals surface area contributed by atoms with Crippen LogP contribution < -0.4 is 25.8 Å². The molecule has 56 heavy (non-hydrogen) atoms. The number of rotatable bonds is 12. The molecule has 0 aliphatic carbocycles. The van der Waals surface area contributed by atoms with E-state index >= 15 is 0 Å². The van der Waals surface area contributed by atoms with Crippen molar-refractivity contribution in [3.8, 4) is 23.0 Å². The molecule has 0 bridgehead atoms. The van der Waals surface area contributed by atoms with Crippen LogP contribution in [0.1, 0.15) is 47.4 Å². The van der Waals surface area contributed by atoms with E-state index in [1.807, 2.05) is 123 Å². The lowest BCUT2D eigenvalue weighted by Gasteiger charge is -2.31. The van der Waals surface area contributed by atoms with Gasteiger partial charge in [0.15, 0.2) is 11.5 Å². The molecule has 0 aliphatic heterocycles. The Hall–Kier alpha value is -6.98. The maximum atomic E-state index is 14.0. The minimum Gasteiger partial charge on any atom is -0.455 e. The van der Waals surface area contributed by atoms with Crippen LogP contribution in [0.4, 0.5) is 0 Å². The molecule has 278 valence electrons. The van der Waals surface area contributed by atoms with Gasteiger partial charge in [0.2, 0.25) is 0 Å². The summed E-state index contributed by atoms with van der Waals surface area (Å²) >= 11 is 0. The topological polar surface area (TPSA) is 154 Å². The highest BCUT2D eigenvalue weighted by Gasteiger charge is 2.29. The van der Waals surface area contributed by atoms with Crippen LogP contribution in [-0.2, 0) is 0 Å². The van der Waals surface area contributed by atoms with E-state index in [4.69, 9.17) is 35.1 Å². The second-order valence-electron chi connectivity index (χ2n) is 13.4. The predicted molar refractivity (Wildman–Crippen MR) is 218 cm³/mol. The number of para-hydroxylation sites is 6. The second kappa shape index (κ2) is 15.8. The first-order valence-electron chi connectivity index (χ1n) is 18.6. The molecule has 0 fully saturated rings. The summed E-state index contributed by atoms with van der Waals surface area (Å²) in [4.78, 5) is 47.5. The summed E-state index contributed by atoms with van der Waals surface area (Å²) < 4.78 is 12.3. The van der Waals surface area contributed by atoms with Crippen molar-refractivity contribution < 1.29 is 19.1 Å². The lowest BCUT2D eigenvalue weighted by molar-refractivity contribution is 0.0909. The van der Waals surface area contributed by atoms with Crippen molar-refractivity contribution in [1.29, 1.82) is 0 Å². The van der Waals surface area contributed by atoms with Crippen LogP contribution in [0, 0.1) is 0 Å². The summed E-state index contributed by atoms with van der Waals surface area (Å²) in [7, 11) is 0. The summed E-state index contributed by atoms with van der Waals surface area (Å²) in [6.07, 6.45) is 1.03. The summed E-state index contributed by atoms with van der Waals surface area (Å²) in [5.41, 5.74) is 12.0. The number of benzene rings is 6. The number of nitrogens with zero attached hydrogens (tertiary/aromatic N) is 4. The first-order chi connectivity index (χ1) is 27.4. The number of nitrogens with one attached hydrogen (secondary N) is 2. The number of carbonyl (C=O) groups is 2. The molecule has 2 unspecified atom stereocenters. The zero-order valence-electron chi connectivity index (χ0n) is 30.8. The number of aromatic nitrogens is 4. The van der Waals surface area contributed by atoms with Gasteiger partial charge in [-0.2, -0.15) is 0 Å². The molecule has 2 heterocycles. The van der Waals surface area contributed by atoms with E-state index in [-0.39, 0.29) is 11.8 Å². The SMILES string of the molecule is CCC(NC(=O)c1cccc2nc3cccc(Oc4ccccc4)c3nc12)C(N)C(CC)NC(=O)c1cccc2nc3cccc(Oc4ccccc4)c3nc12. The summed E-state index contributed by atoms with van der Waals surface area (Å²) in [5, 5.41) is 6.26. The number of hydrogen-bond donors (Lipinski definition) is 3. The second-order valence-corrected chi connectivity index (χ2v) is 13.4. The van der Waals surface area contributed by atoms with E-state index in [1.54, 1.807) is 24.3 Å². The molecule has 2 aromatic heterocycles. The average molecular weight is 742 g/mol. The number of fused-ring (bicyclic) bond motifs is 4. The molecule has 0 saturated carbocycles. The third-order valence-corrected chi connectivity index (χ3v) is 9.79. The van der Waals surface area contributed by atoms with Gasteiger partial charge in [-0.3, -0.25) is 9.59 Å².